The van der Waals surface area contributed by atoms with E-state index in [2.05, 4.69) is 34.3 Å². The number of anilines is 1. The molecule has 0 aliphatic carbocycles. The van der Waals surface area contributed by atoms with Gasteiger partial charge in [0.2, 0.25) is 0 Å². The zero-order valence-corrected chi connectivity index (χ0v) is 20.1. The van der Waals surface area contributed by atoms with Gasteiger partial charge in [0.25, 0.3) is 0 Å². The van der Waals surface area contributed by atoms with E-state index >= 15 is 0 Å². The van der Waals surface area contributed by atoms with Gasteiger partial charge in [0.15, 0.2) is 0 Å². The molecule has 6 heteroatoms. The Labute approximate surface area is 205 Å². The second kappa shape index (κ2) is 10.9. The third kappa shape index (κ3) is 5.75. The lowest BCUT2D eigenvalue weighted by molar-refractivity contribution is 0.424. The van der Waals surface area contributed by atoms with Gasteiger partial charge in [-0.05, 0) is 60.8 Å². The highest BCUT2D eigenvalue weighted by atomic mass is 35.5. The normalized spacial score (nSPS) is 14.5. The Balaban J connectivity index is 1.76. The molecular formula is C27H26Cl2N4. The molecule has 1 fully saturated rings. The molecule has 0 unspecified atom stereocenters. The minimum atomic E-state index is 0.546. The molecule has 1 aliphatic heterocycles. The third-order valence-corrected chi connectivity index (χ3v) is 6.33. The topological polar surface area (TPSA) is 52.0 Å². The Hall–Kier alpha value is -2.84. The van der Waals surface area contributed by atoms with Crippen LogP contribution in [0.2, 0.25) is 10.0 Å². The van der Waals surface area contributed by atoms with Crippen molar-refractivity contribution in [2.75, 3.05) is 24.5 Å². The van der Waals surface area contributed by atoms with E-state index in [1.54, 1.807) is 6.07 Å². The van der Waals surface area contributed by atoms with Crippen LogP contribution >= 0.6 is 23.2 Å². The van der Waals surface area contributed by atoms with Crippen LogP contribution in [0.25, 0.3) is 23.3 Å². The highest BCUT2D eigenvalue weighted by Crippen LogP contribution is 2.38. The molecule has 0 bridgehead atoms. The van der Waals surface area contributed by atoms with Gasteiger partial charge < -0.3 is 10.2 Å². The van der Waals surface area contributed by atoms with Gasteiger partial charge in [-0.1, -0.05) is 54.4 Å². The van der Waals surface area contributed by atoms with Gasteiger partial charge in [-0.3, -0.25) is 4.98 Å². The maximum Gasteiger partial charge on any atom is 0.0991 e. The molecule has 2 aromatic carbocycles. The van der Waals surface area contributed by atoms with Crippen LogP contribution in [0, 0.1) is 11.3 Å². The Kier molecular flexibility index (Phi) is 7.67. The Morgan fingerprint density at radius 3 is 2.55 bits per heavy atom. The number of hydrogen-bond acceptors (Lipinski definition) is 4. The van der Waals surface area contributed by atoms with Crippen molar-refractivity contribution < 1.29 is 0 Å². The Morgan fingerprint density at radius 1 is 1.09 bits per heavy atom. The molecule has 1 aliphatic rings. The molecule has 3 aromatic rings. The number of aromatic nitrogens is 1. The molecule has 1 aromatic heterocycles. The van der Waals surface area contributed by atoms with Crippen LogP contribution in [0.15, 0.2) is 54.9 Å². The van der Waals surface area contributed by atoms with Crippen LogP contribution in [0.4, 0.5) is 5.69 Å². The van der Waals surface area contributed by atoms with Gasteiger partial charge in [-0.2, -0.15) is 5.26 Å². The van der Waals surface area contributed by atoms with Crippen molar-refractivity contribution in [2.45, 2.75) is 25.8 Å². The first-order valence-electron chi connectivity index (χ1n) is 11.2. The van der Waals surface area contributed by atoms with Crippen molar-refractivity contribution in [3.8, 4) is 17.2 Å². The van der Waals surface area contributed by atoms with Crippen LogP contribution in [0.5, 0.6) is 0 Å². The van der Waals surface area contributed by atoms with Crippen LogP contribution < -0.4 is 10.2 Å². The number of nitrogens with one attached hydrogen (secondary N) is 1. The van der Waals surface area contributed by atoms with E-state index in [0.717, 1.165) is 60.4 Å². The fraction of sp³-hybridized carbons (Fsp3) is 0.259. The highest BCUT2D eigenvalue weighted by Gasteiger charge is 2.23. The summed E-state index contributed by atoms with van der Waals surface area (Å²) in [5, 5.41) is 14.0. The molecule has 1 N–H and O–H groups in total. The highest BCUT2D eigenvalue weighted by molar-refractivity contribution is 6.35. The van der Waals surface area contributed by atoms with E-state index < -0.39 is 0 Å². The first-order chi connectivity index (χ1) is 16.1. The summed E-state index contributed by atoms with van der Waals surface area (Å²) in [6.45, 7) is 5.05. The number of pyridine rings is 1. The predicted octanol–water partition coefficient (Wildman–Crippen LogP) is 6.68. The molecule has 2 heterocycles. The van der Waals surface area contributed by atoms with E-state index in [4.69, 9.17) is 23.2 Å². The number of rotatable bonds is 6. The number of nitriles is 1. The minimum Gasteiger partial charge on any atom is -0.370 e. The largest absolute Gasteiger partial charge is 0.370 e. The fourth-order valence-corrected chi connectivity index (χ4v) is 4.89. The molecule has 1 saturated heterocycles. The van der Waals surface area contributed by atoms with Gasteiger partial charge in [0.1, 0.15) is 0 Å². The van der Waals surface area contributed by atoms with Gasteiger partial charge in [0.05, 0.1) is 17.3 Å². The van der Waals surface area contributed by atoms with E-state index in [0.29, 0.717) is 21.7 Å². The first kappa shape index (κ1) is 23.3. The Bertz CT molecular complexity index is 1170. The summed E-state index contributed by atoms with van der Waals surface area (Å²) in [5.74, 6) is 0. The van der Waals surface area contributed by atoms with Gasteiger partial charge in [-0.25, -0.2) is 0 Å². The number of piperidine rings is 1. The quantitative estimate of drug-likeness (QED) is 0.431. The molecule has 0 atom stereocenters. The lowest BCUT2D eigenvalue weighted by Crippen LogP contribution is -2.42. The van der Waals surface area contributed by atoms with E-state index in [9.17, 15) is 5.26 Å². The van der Waals surface area contributed by atoms with Crippen molar-refractivity contribution >= 4 is 41.0 Å². The zero-order valence-electron chi connectivity index (χ0n) is 18.6. The molecule has 0 amide bonds. The summed E-state index contributed by atoms with van der Waals surface area (Å²) in [5.41, 5.74) is 5.73. The lowest BCUT2D eigenvalue weighted by atomic mass is 9.98. The van der Waals surface area contributed by atoms with Crippen molar-refractivity contribution in [3.05, 3.63) is 81.6 Å². The van der Waals surface area contributed by atoms with Crippen LogP contribution in [0.3, 0.4) is 0 Å². The Morgan fingerprint density at radius 2 is 1.85 bits per heavy atom. The maximum absolute atomic E-state index is 9.21. The average molecular weight is 477 g/mol. The summed E-state index contributed by atoms with van der Waals surface area (Å²) < 4.78 is 0. The molecule has 0 spiro atoms. The van der Waals surface area contributed by atoms with Gasteiger partial charge in [-0.15, -0.1) is 0 Å². The van der Waals surface area contributed by atoms with Crippen LogP contribution in [-0.2, 0) is 0 Å². The summed E-state index contributed by atoms with van der Waals surface area (Å²) in [4.78, 5) is 6.97. The van der Waals surface area contributed by atoms with Crippen molar-refractivity contribution in [3.63, 3.8) is 0 Å². The smallest absolute Gasteiger partial charge is 0.0991 e. The second-order valence-electron chi connectivity index (χ2n) is 8.17. The van der Waals surface area contributed by atoms with Crippen LogP contribution in [0.1, 0.15) is 36.5 Å². The molecule has 33 heavy (non-hydrogen) atoms. The van der Waals surface area contributed by atoms with Crippen molar-refractivity contribution in [2.24, 2.45) is 0 Å². The fourth-order valence-electron chi connectivity index (χ4n) is 4.36. The molecule has 0 saturated carbocycles. The van der Waals surface area contributed by atoms with Crippen molar-refractivity contribution in [1.82, 2.24) is 10.3 Å². The second-order valence-corrected chi connectivity index (χ2v) is 9.05. The standard InChI is InChI=1S/C27H26Cl2N4/c1-2-32-25-8-10-33(11-9-25)27-21(7-6-19-4-3-5-20(12-19)16-30)17-31-18-26(27)22-13-23(28)15-24(29)14-22/h3-7,12-15,17-18,25,32H,2,8-11H2,1H3/b7-6+. The molecule has 0 radical (unpaired) electrons. The number of hydrogen-bond donors (Lipinski definition) is 1. The van der Waals surface area contributed by atoms with E-state index in [1.807, 2.05) is 54.9 Å². The maximum atomic E-state index is 9.21. The zero-order chi connectivity index (χ0) is 23.2. The van der Waals surface area contributed by atoms with E-state index in [1.165, 1.54) is 0 Å². The van der Waals surface area contributed by atoms with Gasteiger partial charge in [0, 0.05) is 52.7 Å². The number of halogens is 2. The average Bonchev–Trinajstić information content (AvgIpc) is 2.83. The summed E-state index contributed by atoms with van der Waals surface area (Å²) in [7, 11) is 0. The number of benzene rings is 2. The summed E-state index contributed by atoms with van der Waals surface area (Å²) in [6.07, 6.45) is 10.1. The third-order valence-electron chi connectivity index (χ3n) is 5.89. The first-order valence-corrected chi connectivity index (χ1v) is 11.9. The predicted molar refractivity (Wildman–Crippen MR) is 139 cm³/mol. The van der Waals surface area contributed by atoms with Crippen molar-refractivity contribution in [1.29, 1.82) is 5.26 Å². The molecule has 4 rings (SSSR count). The van der Waals surface area contributed by atoms with Crippen LogP contribution in [-0.4, -0.2) is 30.7 Å². The monoisotopic (exact) mass is 476 g/mol. The minimum absolute atomic E-state index is 0.546. The summed E-state index contributed by atoms with van der Waals surface area (Å²) in [6, 6.07) is 15.9. The van der Waals surface area contributed by atoms with Gasteiger partial charge >= 0.3 is 0 Å². The SMILES string of the molecule is CCNC1CCN(c2c(/C=C/c3cccc(C#N)c3)cncc2-c2cc(Cl)cc(Cl)c2)CC1. The number of nitrogens with zero attached hydrogens (tertiary/aromatic N) is 3. The lowest BCUT2D eigenvalue weighted by Gasteiger charge is -2.36. The summed E-state index contributed by atoms with van der Waals surface area (Å²) >= 11 is 12.7. The molecular weight excluding hydrogens is 451 g/mol. The molecule has 4 nitrogen and oxygen atoms in total. The molecule has 168 valence electrons. The van der Waals surface area contributed by atoms with E-state index in [-0.39, 0.29) is 0 Å².